The maximum atomic E-state index is 12.7. The first-order chi connectivity index (χ1) is 15.3. The Morgan fingerprint density at radius 1 is 1.09 bits per heavy atom. The number of likely N-dealkylation sites (N-methyl/N-ethyl adjacent to an activating group) is 1. The predicted octanol–water partition coefficient (Wildman–Crippen LogP) is 3.77. The quantitative estimate of drug-likeness (QED) is 0.689. The highest BCUT2D eigenvalue weighted by Gasteiger charge is 2.42. The smallest absolute Gasteiger partial charge is 0.407 e. The van der Waals surface area contributed by atoms with Gasteiger partial charge in [0.15, 0.2) is 0 Å². The number of hydrogen-bond donors (Lipinski definition) is 2. The fourth-order valence-corrected chi connectivity index (χ4v) is 4.60. The van der Waals surface area contributed by atoms with Crippen LogP contribution in [0.25, 0.3) is 11.1 Å². The molecule has 0 spiro atoms. The van der Waals surface area contributed by atoms with E-state index in [4.69, 9.17) is 9.84 Å². The second-order valence-corrected chi connectivity index (χ2v) is 8.78. The molecule has 7 heteroatoms. The zero-order chi connectivity index (χ0) is 22.9. The average molecular weight is 437 g/mol. The van der Waals surface area contributed by atoms with Gasteiger partial charge < -0.3 is 20.1 Å². The Kier molecular flexibility index (Phi) is 5.91. The van der Waals surface area contributed by atoms with Crippen LogP contribution in [0.4, 0.5) is 4.79 Å². The number of carbonyl (C=O) groups is 3. The van der Waals surface area contributed by atoms with E-state index >= 15 is 0 Å². The topological polar surface area (TPSA) is 95.9 Å². The van der Waals surface area contributed by atoms with Crippen LogP contribution in [0.15, 0.2) is 48.5 Å². The molecule has 4 rings (SSSR count). The molecule has 2 aromatic carbocycles. The highest BCUT2D eigenvalue weighted by molar-refractivity contribution is 5.84. The number of fused-ring (bicyclic) bond motifs is 3. The number of nitrogens with zero attached hydrogens (tertiary/aromatic N) is 1. The number of aliphatic carboxylic acids is 1. The molecular weight excluding hydrogens is 408 g/mol. The number of amides is 2. The van der Waals surface area contributed by atoms with Crippen LogP contribution in [0.3, 0.4) is 0 Å². The van der Waals surface area contributed by atoms with E-state index in [1.54, 1.807) is 0 Å². The molecule has 32 heavy (non-hydrogen) atoms. The molecule has 2 aliphatic carbocycles. The number of hydrogen-bond acceptors (Lipinski definition) is 4. The first-order valence-corrected chi connectivity index (χ1v) is 10.9. The van der Waals surface area contributed by atoms with Gasteiger partial charge in [0.25, 0.3) is 0 Å². The number of carboxylic acid groups (broad SMARTS) is 1. The second-order valence-electron chi connectivity index (χ2n) is 8.78. The number of rotatable bonds is 7. The molecule has 2 aromatic rings. The lowest BCUT2D eigenvalue weighted by Gasteiger charge is -2.42. The van der Waals surface area contributed by atoms with E-state index in [0.29, 0.717) is 12.8 Å². The maximum Gasteiger partial charge on any atom is 0.407 e. The van der Waals surface area contributed by atoms with Crippen LogP contribution in [0.1, 0.15) is 49.7 Å². The number of nitrogens with one attached hydrogen (secondary N) is 1. The predicted molar refractivity (Wildman–Crippen MR) is 119 cm³/mol. The summed E-state index contributed by atoms with van der Waals surface area (Å²) in [7, 11) is 1.47. The molecule has 1 atom stereocenters. The monoisotopic (exact) mass is 436 g/mol. The molecule has 0 aromatic heterocycles. The molecule has 0 aliphatic heterocycles. The van der Waals surface area contributed by atoms with Gasteiger partial charge in [-0.3, -0.25) is 4.79 Å². The van der Waals surface area contributed by atoms with E-state index < -0.39 is 23.6 Å². The van der Waals surface area contributed by atoms with Gasteiger partial charge in [-0.05, 0) is 48.4 Å². The Morgan fingerprint density at radius 2 is 1.66 bits per heavy atom. The number of benzene rings is 2. The van der Waals surface area contributed by atoms with Crippen molar-refractivity contribution < 1.29 is 24.2 Å². The fraction of sp³-hybridized carbons (Fsp3) is 0.400. The Bertz CT molecular complexity index is 1000. The average Bonchev–Trinajstić information content (AvgIpc) is 3.08. The number of alkyl carbamates (subject to hydrolysis) is 1. The summed E-state index contributed by atoms with van der Waals surface area (Å²) in [6.07, 6.45) is 1.74. The second kappa shape index (κ2) is 8.65. The van der Waals surface area contributed by atoms with Crippen LogP contribution in [0, 0.1) is 0 Å². The Balaban J connectivity index is 1.39. The van der Waals surface area contributed by atoms with Gasteiger partial charge in [-0.1, -0.05) is 48.5 Å². The zero-order valence-corrected chi connectivity index (χ0v) is 18.3. The molecule has 0 saturated heterocycles. The van der Waals surface area contributed by atoms with Crippen molar-refractivity contribution in [3.63, 3.8) is 0 Å². The van der Waals surface area contributed by atoms with Gasteiger partial charge in [0.05, 0.1) is 12.0 Å². The molecule has 1 fully saturated rings. The highest BCUT2D eigenvalue weighted by Crippen LogP contribution is 2.44. The molecule has 2 aliphatic rings. The van der Waals surface area contributed by atoms with E-state index in [2.05, 4.69) is 29.6 Å². The molecule has 2 N–H and O–H groups in total. The number of carboxylic acids is 1. The van der Waals surface area contributed by atoms with Crippen molar-refractivity contribution in [1.29, 1.82) is 0 Å². The summed E-state index contributed by atoms with van der Waals surface area (Å²) in [5.41, 5.74) is 3.92. The third-order valence-electron chi connectivity index (χ3n) is 6.84. The van der Waals surface area contributed by atoms with Crippen molar-refractivity contribution in [1.82, 2.24) is 10.2 Å². The van der Waals surface area contributed by atoms with Gasteiger partial charge in [0.1, 0.15) is 12.6 Å². The summed E-state index contributed by atoms with van der Waals surface area (Å²) in [5.74, 6) is -1.40. The lowest BCUT2D eigenvalue weighted by Crippen LogP contribution is -2.56. The first kappa shape index (κ1) is 21.9. The van der Waals surface area contributed by atoms with Crippen LogP contribution in [0.5, 0.6) is 0 Å². The third-order valence-corrected chi connectivity index (χ3v) is 6.84. The van der Waals surface area contributed by atoms with Crippen LogP contribution in [-0.2, 0) is 14.3 Å². The molecule has 0 unspecified atom stereocenters. The molecule has 7 nitrogen and oxygen atoms in total. The largest absolute Gasteiger partial charge is 0.480 e. The van der Waals surface area contributed by atoms with Crippen molar-refractivity contribution in [2.75, 3.05) is 13.7 Å². The van der Waals surface area contributed by atoms with E-state index in [-0.39, 0.29) is 24.9 Å². The van der Waals surface area contributed by atoms with Crippen molar-refractivity contribution in [2.45, 2.75) is 50.1 Å². The normalized spacial score (nSPS) is 16.8. The van der Waals surface area contributed by atoms with Crippen LogP contribution < -0.4 is 5.32 Å². The van der Waals surface area contributed by atoms with Crippen molar-refractivity contribution in [3.8, 4) is 11.1 Å². The van der Waals surface area contributed by atoms with Gasteiger partial charge in [0, 0.05) is 13.0 Å². The van der Waals surface area contributed by atoms with Crippen molar-refractivity contribution in [2.24, 2.45) is 0 Å². The summed E-state index contributed by atoms with van der Waals surface area (Å²) in [6.45, 7) is 1.67. The summed E-state index contributed by atoms with van der Waals surface area (Å²) >= 11 is 0. The SMILES string of the molecule is C[C@@H](C(=O)O)N(C)C(=O)CC1(NC(=O)OCC2c3ccccc3-c3ccccc32)CCC1. The van der Waals surface area contributed by atoms with Crippen LogP contribution >= 0.6 is 0 Å². The first-order valence-electron chi connectivity index (χ1n) is 10.9. The minimum atomic E-state index is -1.06. The fourth-order valence-electron chi connectivity index (χ4n) is 4.60. The van der Waals surface area contributed by atoms with Crippen molar-refractivity contribution >= 4 is 18.0 Å². The number of ether oxygens (including phenoxy) is 1. The molecule has 2 amide bonds. The summed E-state index contributed by atoms with van der Waals surface area (Å²) in [6, 6.07) is 15.3. The van der Waals surface area contributed by atoms with E-state index in [0.717, 1.165) is 28.7 Å². The van der Waals surface area contributed by atoms with Crippen LogP contribution in [0.2, 0.25) is 0 Å². The molecule has 1 saturated carbocycles. The lowest BCUT2D eigenvalue weighted by atomic mass is 9.74. The Labute approximate surface area is 187 Å². The van der Waals surface area contributed by atoms with Gasteiger partial charge in [-0.25, -0.2) is 9.59 Å². The lowest BCUT2D eigenvalue weighted by molar-refractivity contribution is -0.149. The summed E-state index contributed by atoms with van der Waals surface area (Å²) in [5, 5.41) is 12.0. The zero-order valence-electron chi connectivity index (χ0n) is 18.3. The van der Waals surface area contributed by atoms with E-state index in [9.17, 15) is 14.4 Å². The Hall–Kier alpha value is -3.35. The molecular formula is C25H28N2O5. The van der Waals surface area contributed by atoms with Gasteiger partial charge in [0.2, 0.25) is 5.91 Å². The van der Waals surface area contributed by atoms with Crippen molar-refractivity contribution in [3.05, 3.63) is 59.7 Å². The maximum absolute atomic E-state index is 12.7. The van der Waals surface area contributed by atoms with Crippen LogP contribution in [-0.4, -0.2) is 53.2 Å². The van der Waals surface area contributed by atoms with Gasteiger partial charge >= 0.3 is 12.1 Å². The summed E-state index contributed by atoms with van der Waals surface area (Å²) in [4.78, 5) is 37.6. The molecule has 0 radical (unpaired) electrons. The molecule has 0 heterocycles. The third kappa shape index (κ3) is 4.07. The number of carbonyl (C=O) groups excluding carboxylic acids is 2. The molecule has 0 bridgehead atoms. The highest BCUT2D eigenvalue weighted by atomic mass is 16.5. The van der Waals surface area contributed by atoms with E-state index in [1.807, 2.05) is 24.3 Å². The summed E-state index contributed by atoms with van der Waals surface area (Å²) < 4.78 is 5.63. The van der Waals surface area contributed by atoms with Gasteiger partial charge in [-0.2, -0.15) is 0 Å². The van der Waals surface area contributed by atoms with E-state index in [1.165, 1.54) is 18.9 Å². The minimum absolute atomic E-state index is 0.0327. The standard InChI is InChI=1S/C25H28N2O5/c1-16(23(29)30)27(2)22(28)14-25(12-7-13-25)26-24(31)32-15-21-19-10-5-3-8-17(19)18-9-4-6-11-20(18)21/h3-6,8-11,16,21H,7,12-15H2,1-2H3,(H,26,31)(H,29,30)/t16-/m0/s1. The molecule has 168 valence electrons. The Morgan fingerprint density at radius 3 is 2.16 bits per heavy atom. The minimum Gasteiger partial charge on any atom is -0.480 e. The van der Waals surface area contributed by atoms with Gasteiger partial charge in [-0.15, -0.1) is 0 Å².